The lowest BCUT2D eigenvalue weighted by Gasteiger charge is -2.26. The first kappa shape index (κ1) is 26.7. The summed E-state index contributed by atoms with van der Waals surface area (Å²) in [5.74, 6) is -0.789. The normalized spacial score (nSPS) is 11.4. The molecule has 0 atom stereocenters. The molecule has 0 radical (unpaired) electrons. The van der Waals surface area contributed by atoms with E-state index < -0.39 is 39.6 Å². The van der Waals surface area contributed by atoms with Gasteiger partial charge in [0.2, 0.25) is 12.7 Å². The highest BCUT2D eigenvalue weighted by Crippen LogP contribution is 2.24. The average Bonchev–Trinajstić information content (AvgIpc) is 2.64. The Labute approximate surface area is 182 Å². The molecule has 1 rings (SSSR count). The topological polar surface area (TPSA) is 139 Å². The molecule has 1 heterocycles. The van der Waals surface area contributed by atoms with Gasteiger partial charge in [-0.2, -0.15) is 0 Å². The third-order valence-electron chi connectivity index (χ3n) is 3.72. The highest BCUT2D eigenvalue weighted by molar-refractivity contribution is 7.39. The molecule has 0 saturated heterocycles. The lowest BCUT2D eigenvalue weighted by Crippen LogP contribution is -2.39. The SMILES string of the molecule is CC(C)C(=O)N(C)c1ncccc1CN(CC(=O)OC(C)(C)C)C(=O)OCOP(O)O. The summed E-state index contributed by atoms with van der Waals surface area (Å²) in [4.78, 5) is 61.4. The maximum absolute atomic E-state index is 12.5. The summed E-state index contributed by atoms with van der Waals surface area (Å²) in [6.45, 7) is 7.31. The molecule has 174 valence electrons. The van der Waals surface area contributed by atoms with Crippen molar-refractivity contribution < 1.29 is 38.2 Å². The number of ether oxygens (including phenoxy) is 2. The first-order valence-electron chi connectivity index (χ1n) is 9.47. The molecule has 2 amide bonds. The maximum atomic E-state index is 12.5. The minimum atomic E-state index is -2.70. The van der Waals surface area contributed by atoms with E-state index in [2.05, 4.69) is 9.51 Å². The Hall–Kier alpha value is -2.33. The molecule has 2 N–H and O–H groups in total. The van der Waals surface area contributed by atoms with Crippen LogP contribution in [0.25, 0.3) is 0 Å². The molecule has 0 aliphatic heterocycles. The van der Waals surface area contributed by atoms with Crippen molar-refractivity contribution >= 4 is 32.4 Å². The van der Waals surface area contributed by atoms with Gasteiger partial charge in [0.25, 0.3) is 0 Å². The van der Waals surface area contributed by atoms with Crippen LogP contribution in [-0.2, 0) is 30.1 Å². The Morgan fingerprint density at radius 1 is 1.23 bits per heavy atom. The molecular weight excluding hydrogens is 429 g/mol. The number of nitrogens with zero attached hydrogens (tertiary/aromatic N) is 3. The van der Waals surface area contributed by atoms with Gasteiger partial charge >= 0.3 is 20.7 Å². The van der Waals surface area contributed by atoms with E-state index in [1.807, 2.05) is 0 Å². The average molecular weight is 459 g/mol. The maximum Gasteiger partial charge on any atom is 0.412 e. The van der Waals surface area contributed by atoms with E-state index in [-0.39, 0.29) is 18.4 Å². The second-order valence-corrected chi connectivity index (χ2v) is 8.65. The quantitative estimate of drug-likeness (QED) is 0.323. The van der Waals surface area contributed by atoms with Crippen molar-refractivity contribution in [2.75, 3.05) is 25.3 Å². The molecule has 0 spiro atoms. The first-order chi connectivity index (χ1) is 14.3. The minimum Gasteiger partial charge on any atom is -0.459 e. The Bertz CT molecular complexity index is 767. The zero-order chi connectivity index (χ0) is 23.8. The number of hydrogen-bond acceptors (Lipinski definition) is 9. The molecule has 0 aliphatic carbocycles. The van der Waals surface area contributed by atoms with Gasteiger partial charge in [0.05, 0.1) is 6.54 Å². The number of hydrogen-bond donors (Lipinski definition) is 2. The molecule has 1 aromatic heterocycles. The van der Waals surface area contributed by atoms with Crippen LogP contribution in [0.4, 0.5) is 10.6 Å². The van der Waals surface area contributed by atoms with Crippen molar-refractivity contribution in [2.24, 2.45) is 5.92 Å². The number of aromatic nitrogens is 1. The summed E-state index contributed by atoms with van der Waals surface area (Å²) in [6, 6.07) is 3.30. The summed E-state index contributed by atoms with van der Waals surface area (Å²) in [5.41, 5.74) is -0.269. The fourth-order valence-electron chi connectivity index (χ4n) is 2.48. The minimum absolute atomic E-state index is 0.121. The predicted molar refractivity (Wildman–Crippen MR) is 113 cm³/mol. The van der Waals surface area contributed by atoms with Crippen LogP contribution in [0.5, 0.6) is 0 Å². The van der Waals surface area contributed by atoms with Gasteiger partial charge in [-0.25, -0.2) is 9.78 Å². The lowest BCUT2D eigenvalue weighted by molar-refractivity contribution is -0.156. The zero-order valence-electron chi connectivity index (χ0n) is 18.6. The Morgan fingerprint density at radius 2 is 1.87 bits per heavy atom. The zero-order valence-corrected chi connectivity index (χ0v) is 19.5. The summed E-state index contributed by atoms with van der Waals surface area (Å²) in [6.07, 6.45) is 0.563. The van der Waals surface area contributed by atoms with Gasteiger partial charge in [-0.1, -0.05) is 19.9 Å². The lowest BCUT2D eigenvalue weighted by atomic mass is 10.1. The summed E-state index contributed by atoms with van der Waals surface area (Å²) >= 11 is 0. The smallest absolute Gasteiger partial charge is 0.412 e. The molecule has 0 aromatic carbocycles. The molecule has 1 aromatic rings. The van der Waals surface area contributed by atoms with Crippen molar-refractivity contribution in [2.45, 2.75) is 46.8 Å². The number of anilines is 1. The summed E-state index contributed by atoms with van der Waals surface area (Å²) in [7, 11) is -1.13. The van der Waals surface area contributed by atoms with Gasteiger partial charge in [0, 0.05) is 24.7 Å². The molecule has 12 heteroatoms. The highest BCUT2D eigenvalue weighted by atomic mass is 31.2. The number of pyridine rings is 1. The van der Waals surface area contributed by atoms with Crippen molar-refractivity contribution in [3.8, 4) is 0 Å². The van der Waals surface area contributed by atoms with Gasteiger partial charge in [-0.05, 0) is 26.8 Å². The van der Waals surface area contributed by atoms with Crippen molar-refractivity contribution in [1.29, 1.82) is 0 Å². The van der Waals surface area contributed by atoms with Gasteiger partial charge in [0.1, 0.15) is 18.0 Å². The van der Waals surface area contributed by atoms with Gasteiger partial charge in [-0.15, -0.1) is 0 Å². The Morgan fingerprint density at radius 3 is 2.42 bits per heavy atom. The summed E-state index contributed by atoms with van der Waals surface area (Å²) < 4.78 is 14.6. The molecule has 0 aliphatic rings. The van der Waals surface area contributed by atoms with Gasteiger partial charge < -0.3 is 19.3 Å². The Balaban J connectivity index is 3.10. The van der Waals surface area contributed by atoms with E-state index in [0.29, 0.717) is 11.4 Å². The fourth-order valence-corrected chi connectivity index (χ4v) is 2.63. The number of carbonyl (C=O) groups excluding carboxylic acids is 3. The number of rotatable bonds is 9. The third-order valence-corrected chi connectivity index (χ3v) is 4.06. The standard InChI is InChI=1S/C19H30N3O8P/c1-13(2)17(24)21(6)16-14(8-7-9-20-16)10-22(11-15(23)30-19(3,4)5)18(25)28-12-29-31(26)27/h7-9,13,26-27H,10-12H2,1-6H3. The fraction of sp³-hybridized carbons (Fsp3) is 0.579. The number of amides is 2. The van der Waals surface area contributed by atoms with Crippen LogP contribution in [0.15, 0.2) is 18.3 Å². The van der Waals surface area contributed by atoms with Crippen molar-refractivity contribution in [1.82, 2.24) is 9.88 Å². The van der Waals surface area contributed by atoms with Crippen LogP contribution in [-0.4, -0.2) is 63.6 Å². The van der Waals surface area contributed by atoms with Gasteiger partial charge in [0.15, 0.2) is 0 Å². The van der Waals surface area contributed by atoms with Gasteiger partial charge in [-0.3, -0.25) is 23.9 Å². The molecule has 0 fully saturated rings. The molecule has 0 bridgehead atoms. The van der Waals surface area contributed by atoms with E-state index in [9.17, 15) is 14.4 Å². The second kappa shape index (κ2) is 11.9. The van der Waals surface area contributed by atoms with Crippen LogP contribution >= 0.6 is 8.60 Å². The highest BCUT2D eigenvalue weighted by Gasteiger charge is 2.26. The van der Waals surface area contributed by atoms with Crippen molar-refractivity contribution in [3.63, 3.8) is 0 Å². The predicted octanol–water partition coefficient (Wildman–Crippen LogP) is 2.17. The van der Waals surface area contributed by atoms with E-state index in [1.54, 1.807) is 53.8 Å². The first-order valence-corrected chi connectivity index (χ1v) is 10.6. The van der Waals surface area contributed by atoms with Crippen LogP contribution in [0.3, 0.4) is 0 Å². The molecule has 0 unspecified atom stereocenters. The molecule has 11 nitrogen and oxygen atoms in total. The largest absolute Gasteiger partial charge is 0.459 e. The van der Waals surface area contributed by atoms with Crippen molar-refractivity contribution in [3.05, 3.63) is 23.9 Å². The van der Waals surface area contributed by atoms with E-state index >= 15 is 0 Å². The van der Waals surface area contributed by atoms with Crippen LogP contribution in [0, 0.1) is 5.92 Å². The molecular formula is C19H30N3O8P. The summed E-state index contributed by atoms with van der Waals surface area (Å²) in [5, 5.41) is 0. The second-order valence-electron chi connectivity index (χ2n) is 7.89. The van der Waals surface area contributed by atoms with Crippen LogP contribution in [0.2, 0.25) is 0 Å². The Kier molecular flexibility index (Phi) is 10.3. The van der Waals surface area contributed by atoms with Crippen LogP contribution < -0.4 is 4.90 Å². The van der Waals surface area contributed by atoms with E-state index in [4.69, 9.17) is 19.3 Å². The number of esters is 1. The van der Waals surface area contributed by atoms with E-state index in [0.717, 1.165) is 4.90 Å². The van der Waals surface area contributed by atoms with Crippen LogP contribution in [0.1, 0.15) is 40.2 Å². The number of carbonyl (C=O) groups is 3. The molecule has 31 heavy (non-hydrogen) atoms. The third kappa shape index (κ3) is 9.56. The monoisotopic (exact) mass is 459 g/mol. The molecule has 0 saturated carbocycles. The van der Waals surface area contributed by atoms with E-state index in [1.165, 1.54) is 11.1 Å².